The minimum Gasteiger partial charge on any atom is -0.437 e. The van der Waals surface area contributed by atoms with Gasteiger partial charge in [-0.05, 0) is 11.6 Å². The summed E-state index contributed by atoms with van der Waals surface area (Å²) in [7, 11) is 0. The van der Waals surface area contributed by atoms with Crippen molar-refractivity contribution in [3.63, 3.8) is 0 Å². The van der Waals surface area contributed by atoms with E-state index < -0.39 is 11.9 Å². The molecule has 0 spiro atoms. The summed E-state index contributed by atoms with van der Waals surface area (Å²) >= 11 is 5.91. The summed E-state index contributed by atoms with van der Waals surface area (Å²) in [5.74, 6) is -0.140. The topological polar surface area (TPSA) is 52.0 Å². The molecule has 1 heterocycles. The van der Waals surface area contributed by atoms with Crippen molar-refractivity contribution in [1.29, 1.82) is 0 Å². The second-order valence-corrected chi connectivity index (χ2v) is 4.58. The highest BCUT2D eigenvalue weighted by Crippen LogP contribution is 2.29. The molecule has 1 aromatic heterocycles. The van der Waals surface area contributed by atoms with E-state index in [0.717, 1.165) is 5.56 Å². The zero-order valence-corrected chi connectivity index (χ0v) is 10.6. The summed E-state index contributed by atoms with van der Waals surface area (Å²) in [4.78, 5) is 4.19. The zero-order chi connectivity index (χ0) is 13.4. The second kappa shape index (κ2) is 4.64. The lowest BCUT2D eigenvalue weighted by Crippen LogP contribution is -2.11. The predicted molar refractivity (Wildman–Crippen MR) is 71.4 cm³/mol. The maximum atomic E-state index is 13.2. The molecule has 2 N–H and O–H groups in total. The Hall–Kier alpha value is -1.91. The fourth-order valence-electron chi connectivity index (χ4n) is 1.91. The Morgan fingerprint density at radius 2 is 1.95 bits per heavy atom. The van der Waals surface area contributed by atoms with Gasteiger partial charge in [-0.1, -0.05) is 41.9 Å². The Kier molecular flexibility index (Phi) is 2.97. The highest BCUT2D eigenvalue weighted by Gasteiger charge is 2.17. The Balaban J connectivity index is 2.09. The largest absolute Gasteiger partial charge is 0.437 e. The van der Waals surface area contributed by atoms with Gasteiger partial charge in [-0.25, -0.2) is 9.37 Å². The Labute approximate surface area is 113 Å². The molecule has 0 aliphatic heterocycles. The molecule has 1 unspecified atom stereocenters. The Bertz CT molecular complexity index is 727. The van der Waals surface area contributed by atoms with Crippen LogP contribution in [-0.4, -0.2) is 4.98 Å². The van der Waals surface area contributed by atoms with Gasteiger partial charge in [0.15, 0.2) is 5.58 Å². The third kappa shape index (κ3) is 2.20. The molecule has 3 nitrogen and oxygen atoms in total. The van der Waals surface area contributed by atoms with E-state index in [4.69, 9.17) is 21.8 Å². The van der Waals surface area contributed by atoms with Crippen molar-refractivity contribution in [3.8, 4) is 0 Å². The highest BCUT2D eigenvalue weighted by molar-refractivity contribution is 6.34. The van der Waals surface area contributed by atoms with E-state index in [9.17, 15) is 4.39 Å². The molecule has 0 aliphatic carbocycles. The third-order valence-corrected chi connectivity index (χ3v) is 3.13. The predicted octanol–water partition coefficient (Wildman–Crippen LogP) is 3.67. The number of nitrogens with zero attached hydrogens (tertiary/aromatic N) is 1. The van der Waals surface area contributed by atoms with Gasteiger partial charge in [-0.15, -0.1) is 0 Å². The summed E-state index contributed by atoms with van der Waals surface area (Å²) < 4.78 is 18.8. The number of oxazole rings is 1. The van der Waals surface area contributed by atoms with Crippen molar-refractivity contribution in [2.75, 3.05) is 0 Å². The molecule has 0 saturated heterocycles. The Morgan fingerprint density at radius 1 is 1.21 bits per heavy atom. The molecule has 19 heavy (non-hydrogen) atoms. The van der Waals surface area contributed by atoms with Gasteiger partial charge in [0.1, 0.15) is 17.4 Å². The first-order valence-corrected chi connectivity index (χ1v) is 6.09. The lowest BCUT2D eigenvalue weighted by atomic mass is 10.1. The van der Waals surface area contributed by atoms with Crippen molar-refractivity contribution in [3.05, 3.63) is 64.8 Å². The van der Waals surface area contributed by atoms with Crippen molar-refractivity contribution in [2.45, 2.75) is 6.04 Å². The number of fused-ring (bicyclic) bond motifs is 1. The lowest BCUT2D eigenvalue weighted by Gasteiger charge is -2.06. The summed E-state index contributed by atoms with van der Waals surface area (Å²) in [5.41, 5.74) is 7.66. The first-order valence-electron chi connectivity index (χ1n) is 5.71. The maximum absolute atomic E-state index is 13.2. The second-order valence-electron chi connectivity index (χ2n) is 4.18. The van der Waals surface area contributed by atoms with E-state index in [2.05, 4.69) is 4.98 Å². The first-order chi connectivity index (χ1) is 9.15. The van der Waals surface area contributed by atoms with E-state index in [1.165, 1.54) is 12.1 Å². The van der Waals surface area contributed by atoms with Gasteiger partial charge >= 0.3 is 0 Å². The van der Waals surface area contributed by atoms with Gasteiger partial charge in [0, 0.05) is 6.07 Å². The number of hydrogen-bond donors (Lipinski definition) is 1. The average molecular weight is 277 g/mol. The molecule has 0 aliphatic rings. The monoisotopic (exact) mass is 276 g/mol. The molecular weight excluding hydrogens is 267 g/mol. The number of aromatic nitrogens is 1. The van der Waals surface area contributed by atoms with Gasteiger partial charge in [-0.3, -0.25) is 0 Å². The number of halogens is 2. The lowest BCUT2D eigenvalue weighted by molar-refractivity contribution is 0.505. The number of rotatable bonds is 2. The number of nitrogens with two attached hydrogens (primary N) is 1. The quantitative estimate of drug-likeness (QED) is 0.777. The smallest absolute Gasteiger partial charge is 0.217 e. The van der Waals surface area contributed by atoms with Crippen LogP contribution in [-0.2, 0) is 0 Å². The fourth-order valence-corrected chi connectivity index (χ4v) is 2.15. The average Bonchev–Trinajstić information content (AvgIpc) is 2.83. The third-order valence-electron chi connectivity index (χ3n) is 2.85. The van der Waals surface area contributed by atoms with Crippen LogP contribution in [0.3, 0.4) is 0 Å². The van der Waals surface area contributed by atoms with Crippen LogP contribution in [0.5, 0.6) is 0 Å². The van der Waals surface area contributed by atoms with Crippen molar-refractivity contribution in [2.24, 2.45) is 5.73 Å². The van der Waals surface area contributed by atoms with Crippen LogP contribution in [0.1, 0.15) is 17.5 Å². The highest BCUT2D eigenvalue weighted by atomic mass is 35.5. The molecule has 0 amide bonds. The van der Waals surface area contributed by atoms with Gasteiger partial charge in [0.25, 0.3) is 0 Å². The molecule has 0 saturated carbocycles. The molecular formula is C14H10ClFN2O. The summed E-state index contributed by atoms with van der Waals surface area (Å²) in [5, 5.41) is 0.189. The van der Waals surface area contributed by atoms with E-state index in [1.807, 2.05) is 30.3 Å². The normalized spacial score (nSPS) is 12.8. The fraction of sp³-hybridized carbons (Fsp3) is 0.0714. The molecule has 0 radical (unpaired) electrons. The Morgan fingerprint density at radius 3 is 2.68 bits per heavy atom. The van der Waals surface area contributed by atoms with E-state index >= 15 is 0 Å². The van der Waals surface area contributed by atoms with Gasteiger partial charge in [-0.2, -0.15) is 0 Å². The van der Waals surface area contributed by atoms with E-state index in [-0.39, 0.29) is 5.02 Å². The van der Waals surface area contributed by atoms with Crippen molar-refractivity contribution < 1.29 is 8.81 Å². The van der Waals surface area contributed by atoms with Gasteiger partial charge in [0.2, 0.25) is 5.89 Å². The SMILES string of the molecule is NC(c1ccccc1)c1nc2cc(F)cc(Cl)c2o1. The van der Waals surface area contributed by atoms with Crippen molar-refractivity contribution >= 4 is 22.7 Å². The van der Waals surface area contributed by atoms with Crippen LogP contribution in [0.25, 0.3) is 11.1 Å². The van der Waals surface area contributed by atoms with Gasteiger partial charge < -0.3 is 10.2 Å². The van der Waals surface area contributed by atoms with Crippen LogP contribution in [0.2, 0.25) is 5.02 Å². The van der Waals surface area contributed by atoms with Crippen LogP contribution < -0.4 is 5.73 Å². The molecule has 2 aromatic carbocycles. The first kappa shape index (κ1) is 12.1. The van der Waals surface area contributed by atoms with E-state index in [0.29, 0.717) is 17.0 Å². The number of hydrogen-bond acceptors (Lipinski definition) is 3. The number of benzene rings is 2. The zero-order valence-electron chi connectivity index (χ0n) is 9.81. The molecule has 96 valence electrons. The molecule has 0 bridgehead atoms. The van der Waals surface area contributed by atoms with Crippen LogP contribution >= 0.6 is 11.6 Å². The summed E-state index contributed by atoms with van der Waals surface area (Å²) in [6, 6.07) is 11.4. The molecule has 3 rings (SSSR count). The minimum absolute atomic E-state index is 0.189. The summed E-state index contributed by atoms with van der Waals surface area (Å²) in [6.45, 7) is 0. The molecule has 0 fully saturated rings. The van der Waals surface area contributed by atoms with Crippen LogP contribution in [0.15, 0.2) is 46.9 Å². The maximum Gasteiger partial charge on any atom is 0.217 e. The molecule has 5 heteroatoms. The molecule has 3 aromatic rings. The summed E-state index contributed by atoms with van der Waals surface area (Å²) in [6.07, 6.45) is 0. The van der Waals surface area contributed by atoms with Crippen LogP contribution in [0.4, 0.5) is 4.39 Å². The van der Waals surface area contributed by atoms with Crippen molar-refractivity contribution in [1.82, 2.24) is 4.98 Å². The minimum atomic E-state index is -0.507. The molecule has 1 atom stereocenters. The standard InChI is InChI=1S/C14H10ClFN2O/c15-10-6-9(16)7-11-13(10)19-14(18-11)12(17)8-4-2-1-3-5-8/h1-7,12H,17H2. The van der Waals surface area contributed by atoms with Crippen LogP contribution in [0, 0.1) is 5.82 Å². The van der Waals surface area contributed by atoms with E-state index in [1.54, 1.807) is 0 Å². The van der Waals surface area contributed by atoms with Gasteiger partial charge in [0.05, 0.1) is 5.02 Å².